The van der Waals surface area contributed by atoms with Crippen molar-refractivity contribution < 1.29 is 9.53 Å². The van der Waals surface area contributed by atoms with E-state index in [0.717, 1.165) is 0 Å². The molecule has 0 aliphatic carbocycles. The van der Waals surface area contributed by atoms with Crippen LogP contribution in [0.2, 0.25) is 0 Å². The SMILES string of the molecule is COC(=O)c1ccnc([C@H](C)N)c1. The monoisotopic (exact) mass is 180 g/mol. The molecule has 0 fully saturated rings. The van der Waals surface area contributed by atoms with Crippen molar-refractivity contribution in [3.63, 3.8) is 0 Å². The Hall–Kier alpha value is -1.42. The highest BCUT2D eigenvalue weighted by molar-refractivity contribution is 5.89. The summed E-state index contributed by atoms with van der Waals surface area (Å²) < 4.78 is 4.56. The second-order valence-electron chi connectivity index (χ2n) is 2.75. The number of rotatable bonds is 2. The Morgan fingerprint density at radius 3 is 2.92 bits per heavy atom. The molecule has 1 heterocycles. The number of hydrogen-bond acceptors (Lipinski definition) is 4. The Bertz CT molecular complexity index is 310. The van der Waals surface area contributed by atoms with Gasteiger partial charge in [0.25, 0.3) is 0 Å². The Kier molecular flexibility index (Phi) is 2.97. The lowest BCUT2D eigenvalue weighted by atomic mass is 10.1. The fourth-order valence-electron chi connectivity index (χ4n) is 0.942. The molecule has 0 aromatic carbocycles. The maximum Gasteiger partial charge on any atom is 0.337 e. The molecule has 0 spiro atoms. The van der Waals surface area contributed by atoms with Gasteiger partial charge in [0, 0.05) is 12.2 Å². The zero-order valence-corrected chi connectivity index (χ0v) is 7.65. The van der Waals surface area contributed by atoms with Gasteiger partial charge < -0.3 is 10.5 Å². The van der Waals surface area contributed by atoms with Crippen molar-refractivity contribution in [1.82, 2.24) is 4.98 Å². The number of esters is 1. The molecular weight excluding hydrogens is 168 g/mol. The van der Waals surface area contributed by atoms with Crippen molar-refractivity contribution in [3.05, 3.63) is 29.6 Å². The van der Waals surface area contributed by atoms with Crippen LogP contribution in [0, 0.1) is 0 Å². The minimum atomic E-state index is -0.371. The van der Waals surface area contributed by atoms with Crippen LogP contribution in [0.5, 0.6) is 0 Å². The van der Waals surface area contributed by atoms with Crippen molar-refractivity contribution in [1.29, 1.82) is 0 Å². The molecule has 70 valence electrons. The lowest BCUT2D eigenvalue weighted by Gasteiger charge is -2.05. The average Bonchev–Trinajstić information content (AvgIpc) is 2.17. The van der Waals surface area contributed by atoms with Gasteiger partial charge >= 0.3 is 5.97 Å². The summed E-state index contributed by atoms with van der Waals surface area (Å²) in [6, 6.07) is 3.05. The first-order valence-electron chi connectivity index (χ1n) is 3.95. The number of nitrogens with two attached hydrogens (primary N) is 1. The summed E-state index contributed by atoms with van der Waals surface area (Å²) in [7, 11) is 1.34. The average molecular weight is 180 g/mol. The van der Waals surface area contributed by atoms with Gasteiger partial charge in [0.05, 0.1) is 18.4 Å². The van der Waals surface area contributed by atoms with Crippen LogP contribution in [0.3, 0.4) is 0 Å². The first kappa shape index (κ1) is 9.67. The Labute approximate surface area is 76.7 Å². The van der Waals surface area contributed by atoms with Crippen LogP contribution in [0.4, 0.5) is 0 Å². The summed E-state index contributed by atoms with van der Waals surface area (Å²) in [4.78, 5) is 15.1. The summed E-state index contributed by atoms with van der Waals surface area (Å²) in [6.07, 6.45) is 1.55. The quantitative estimate of drug-likeness (QED) is 0.686. The lowest BCUT2D eigenvalue weighted by Crippen LogP contribution is -2.09. The van der Waals surface area contributed by atoms with Gasteiger partial charge in [-0.2, -0.15) is 0 Å². The maximum atomic E-state index is 11.1. The summed E-state index contributed by atoms with van der Waals surface area (Å²) in [5.41, 5.74) is 6.77. The number of aromatic nitrogens is 1. The highest BCUT2D eigenvalue weighted by atomic mass is 16.5. The summed E-state index contributed by atoms with van der Waals surface area (Å²) in [6.45, 7) is 1.81. The van der Waals surface area contributed by atoms with Crippen LogP contribution in [-0.2, 0) is 4.74 Å². The summed E-state index contributed by atoms with van der Waals surface area (Å²) in [5.74, 6) is -0.371. The third kappa shape index (κ3) is 2.26. The van der Waals surface area contributed by atoms with Gasteiger partial charge in [-0.15, -0.1) is 0 Å². The van der Waals surface area contributed by atoms with Gasteiger partial charge in [-0.3, -0.25) is 4.98 Å². The molecule has 0 saturated heterocycles. The number of ether oxygens (including phenoxy) is 1. The van der Waals surface area contributed by atoms with Crippen LogP contribution >= 0.6 is 0 Å². The number of carbonyl (C=O) groups excluding carboxylic acids is 1. The molecule has 4 nitrogen and oxygen atoms in total. The van der Waals surface area contributed by atoms with Gasteiger partial charge in [0.2, 0.25) is 0 Å². The van der Waals surface area contributed by atoms with E-state index >= 15 is 0 Å². The molecule has 0 aliphatic rings. The Balaban J connectivity index is 2.98. The standard InChI is InChI=1S/C9H12N2O2/c1-6(10)8-5-7(3-4-11-8)9(12)13-2/h3-6H,10H2,1-2H3/t6-/m0/s1. The molecule has 1 aromatic heterocycles. The molecule has 1 aromatic rings. The van der Waals surface area contributed by atoms with Crippen molar-refractivity contribution in [2.24, 2.45) is 5.73 Å². The third-order valence-corrected chi connectivity index (χ3v) is 1.67. The van der Waals surface area contributed by atoms with Gasteiger partial charge in [-0.1, -0.05) is 0 Å². The zero-order chi connectivity index (χ0) is 9.84. The van der Waals surface area contributed by atoms with Gasteiger partial charge in [0.15, 0.2) is 0 Å². The molecule has 0 bridgehead atoms. The fourth-order valence-corrected chi connectivity index (χ4v) is 0.942. The normalized spacial score (nSPS) is 12.2. The van der Waals surface area contributed by atoms with Gasteiger partial charge in [0.1, 0.15) is 0 Å². The number of pyridine rings is 1. The molecule has 4 heteroatoms. The fraction of sp³-hybridized carbons (Fsp3) is 0.333. The minimum Gasteiger partial charge on any atom is -0.465 e. The number of carbonyl (C=O) groups is 1. The van der Waals surface area contributed by atoms with E-state index in [0.29, 0.717) is 11.3 Å². The molecule has 0 radical (unpaired) electrons. The van der Waals surface area contributed by atoms with Crippen LogP contribution in [-0.4, -0.2) is 18.1 Å². The smallest absolute Gasteiger partial charge is 0.337 e. The number of hydrogen-bond donors (Lipinski definition) is 1. The molecule has 1 atom stereocenters. The third-order valence-electron chi connectivity index (χ3n) is 1.67. The predicted octanol–water partition coefficient (Wildman–Crippen LogP) is 0.888. The molecule has 1 rings (SSSR count). The molecular formula is C9H12N2O2. The first-order chi connectivity index (χ1) is 6.15. The predicted molar refractivity (Wildman–Crippen MR) is 48.2 cm³/mol. The highest BCUT2D eigenvalue weighted by Gasteiger charge is 2.07. The molecule has 0 unspecified atom stereocenters. The topological polar surface area (TPSA) is 65.2 Å². The van der Waals surface area contributed by atoms with Crippen LogP contribution in [0.1, 0.15) is 29.0 Å². The van der Waals surface area contributed by atoms with E-state index < -0.39 is 0 Å². The van der Waals surface area contributed by atoms with E-state index in [-0.39, 0.29) is 12.0 Å². The van der Waals surface area contributed by atoms with E-state index in [1.807, 2.05) is 6.92 Å². The molecule has 0 aliphatic heterocycles. The Morgan fingerprint density at radius 2 is 2.38 bits per heavy atom. The molecule has 0 saturated carbocycles. The van der Waals surface area contributed by atoms with Crippen molar-refractivity contribution in [2.75, 3.05) is 7.11 Å². The highest BCUT2D eigenvalue weighted by Crippen LogP contribution is 2.08. The van der Waals surface area contributed by atoms with E-state index in [1.54, 1.807) is 18.3 Å². The molecule has 2 N–H and O–H groups in total. The van der Waals surface area contributed by atoms with Crippen LogP contribution in [0.25, 0.3) is 0 Å². The second kappa shape index (κ2) is 4.00. The van der Waals surface area contributed by atoms with Crippen LogP contribution in [0.15, 0.2) is 18.3 Å². The Morgan fingerprint density at radius 1 is 1.69 bits per heavy atom. The summed E-state index contributed by atoms with van der Waals surface area (Å²) in [5, 5.41) is 0. The number of nitrogens with zero attached hydrogens (tertiary/aromatic N) is 1. The van der Waals surface area contributed by atoms with Crippen LogP contribution < -0.4 is 5.73 Å². The first-order valence-corrected chi connectivity index (χ1v) is 3.95. The largest absolute Gasteiger partial charge is 0.465 e. The maximum absolute atomic E-state index is 11.1. The van der Waals surface area contributed by atoms with E-state index in [1.165, 1.54) is 7.11 Å². The number of methoxy groups -OCH3 is 1. The summed E-state index contributed by atoms with van der Waals surface area (Å²) >= 11 is 0. The van der Waals surface area contributed by atoms with E-state index in [2.05, 4.69) is 9.72 Å². The molecule has 13 heavy (non-hydrogen) atoms. The van der Waals surface area contributed by atoms with Crippen molar-refractivity contribution >= 4 is 5.97 Å². The van der Waals surface area contributed by atoms with Crippen molar-refractivity contribution in [3.8, 4) is 0 Å². The second-order valence-corrected chi connectivity index (χ2v) is 2.75. The van der Waals surface area contributed by atoms with E-state index in [4.69, 9.17) is 5.73 Å². The van der Waals surface area contributed by atoms with E-state index in [9.17, 15) is 4.79 Å². The van der Waals surface area contributed by atoms with Gasteiger partial charge in [-0.25, -0.2) is 4.79 Å². The lowest BCUT2D eigenvalue weighted by molar-refractivity contribution is 0.0600. The van der Waals surface area contributed by atoms with Crippen molar-refractivity contribution in [2.45, 2.75) is 13.0 Å². The molecule has 0 amide bonds. The van der Waals surface area contributed by atoms with Gasteiger partial charge in [-0.05, 0) is 19.1 Å². The minimum absolute atomic E-state index is 0.176. The zero-order valence-electron chi connectivity index (χ0n) is 7.65.